The van der Waals surface area contributed by atoms with Crippen LogP contribution in [-0.4, -0.2) is 56.3 Å². The van der Waals surface area contributed by atoms with Crippen molar-refractivity contribution in [1.82, 2.24) is 25.0 Å². The summed E-state index contributed by atoms with van der Waals surface area (Å²) in [7, 11) is 1.74. The number of H-pyrrole nitrogens is 1. The monoisotopic (exact) mass is 485 g/mol. The van der Waals surface area contributed by atoms with Gasteiger partial charge >= 0.3 is 0 Å². The molecule has 0 bridgehead atoms. The Labute approximate surface area is 210 Å². The Kier molecular flexibility index (Phi) is 6.67. The molecule has 1 N–H and O–H groups in total. The van der Waals surface area contributed by atoms with E-state index >= 15 is 0 Å². The molecule has 1 atom stereocenters. The van der Waals surface area contributed by atoms with Crippen LogP contribution in [0.5, 0.6) is 0 Å². The smallest absolute Gasteiger partial charge is 0.240 e. The molecule has 0 spiro atoms. The van der Waals surface area contributed by atoms with Crippen molar-refractivity contribution in [2.24, 2.45) is 0 Å². The Morgan fingerprint density at radius 1 is 1.08 bits per heavy atom. The summed E-state index contributed by atoms with van der Waals surface area (Å²) in [6.07, 6.45) is 6.32. The largest absolute Gasteiger partial charge is 0.340 e. The van der Waals surface area contributed by atoms with Crippen molar-refractivity contribution >= 4 is 17.7 Å². The van der Waals surface area contributed by atoms with Gasteiger partial charge in [-0.25, -0.2) is 0 Å². The molecule has 1 fully saturated rings. The van der Waals surface area contributed by atoms with E-state index < -0.39 is 5.41 Å². The predicted molar refractivity (Wildman–Crippen MR) is 134 cm³/mol. The highest BCUT2D eigenvalue weighted by molar-refractivity contribution is 6.10. The van der Waals surface area contributed by atoms with Crippen LogP contribution in [-0.2, 0) is 45.6 Å². The zero-order valence-electron chi connectivity index (χ0n) is 20.6. The maximum atomic E-state index is 13.8. The summed E-state index contributed by atoms with van der Waals surface area (Å²) in [5, 5.41) is 7.59. The van der Waals surface area contributed by atoms with Gasteiger partial charge in [-0.3, -0.25) is 29.4 Å². The van der Waals surface area contributed by atoms with E-state index in [0.29, 0.717) is 18.5 Å². The fourth-order valence-corrected chi connectivity index (χ4v) is 5.41. The van der Waals surface area contributed by atoms with Gasteiger partial charge in [-0.2, -0.15) is 5.10 Å². The standard InChI is InChI=1S/C28H31N5O3/c1-32(19-24-22-12-5-6-13-23(22)30-31-24)25(34)17-28(20-9-3-2-4-10-20)18-26(35)33(27(28)36)16-14-21-11-7-8-15-29-21/h2-4,7-11,15H,5-6,12-14,16-19H2,1H3,(H,30,31). The Hall–Kier alpha value is -3.81. The van der Waals surface area contributed by atoms with Gasteiger partial charge in [0.1, 0.15) is 0 Å². The first-order chi connectivity index (χ1) is 17.5. The Morgan fingerprint density at radius 2 is 1.86 bits per heavy atom. The fourth-order valence-electron chi connectivity index (χ4n) is 5.41. The number of aromatic amines is 1. The SMILES string of the molecule is CN(Cc1n[nH]c2c1CCCC2)C(=O)CC1(c2ccccc2)CC(=O)N(CCc2ccccn2)C1=O. The highest BCUT2D eigenvalue weighted by atomic mass is 16.2. The molecular weight excluding hydrogens is 454 g/mol. The Balaban J connectivity index is 1.36. The van der Waals surface area contributed by atoms with E-state index in [2.05, 4.69) is 15.2 Å². The van der Waals surface area contributed by atoms with Crippen LogP contribution in [0.3, 0.4) is 0 Å². The third kappa shape index (κ3) is 4.55. The van der Waals surface area contributed by atoms with Gasteiger partial charge in [0.05, 0.1) is 17.7 Å². The zero-order valence-corrected chi connectivity index (χ0v) is 20.6. The number of nitrogens with one attached hydrogen (secondary N) is 1. The second-order valence-electron chi connectivity index (χ2n) is 9.81. The minimum atomic E-state index is -1.21. The number of benzene rings is 1. The number of fused-ring (bicyclic) bond motifs is 1. The average Bonchev–Trinajstić information content (AvgIpc) is 3.42. The van der Waals surface area contributed by atoms with Crippen molar-refractivity contribution in [2.75, 3.05) is 13.6 Å². The molecule has 36 heavy (non-hydrogen) atoms. The number of aromatic nitrogens is 3. The highest BCUT2D eigenvalue weighted by Gasteiger charge is 2.53. The zero-order chi connectivity index (χ0) is 25.1. The summed E-state index contributed by atoms with van der Waals surface area (Å²) in [5.41, 5.74) is 3.57. The lowest BCUT2D eigenvalue weighted by Crippen LogP contribution is -2.43. The lowest BCUT2D eigenvalue weighted by atomic mass is 9.75. The molecule has 1 aromatic carbocycles. The van der Waals surface area contributed by atoms with Crippen molar-refractivity contribution < 1.29 is 14.4 Å². The molecule has 1 saturated heterocycles. The second kappa shape index (κ2) is 10.0. The van der Waals surface area contributed by atoms with Gasteiger partial charge in [0.2, 0.25) is 17.7 Å². The topological polar surface area (TPSA) is 99.3 Å². The van der Waals surface area contributed by atoms with Crippen molar-refractivity contribution in [3.05, 3.63) is 82.9 Å². The average molecular weight is 486 g/mol. The number of carbonyl (C=O) groups excluding carboxylic acids is 3. The van der Waals surface area contributed by atoms with Gasteiger partial charge in [0.25, 0.3) is 0 Å². The minimum Gasteiger partial charge on any atom is -0.340 e. The molecule has 3 heterocycles. The van der Waals surface area contributed by atoms with E-state index in [4.69, 9.17) is 0 Å². The van der Waals surface area contributed by atoms with Gasteiger partial charge in [-0.1, -0.05) is 36.4 Å². The molecule has 186 valence electrons. The molecule has 8 heteroatoms. The third-order valence-electron chi connectivity index (χ3n) is 7.46. The predicted octanol–water partition coefficient (Wildman–Crippen LogP) is 2.97. The van der Waals surface area contributed by atoms with E-state index in [-0.39, 0.29) is 37.1 Å². The molecule has 0 saturated carbocycles. The van der Waals surface area contributed by atoms with Gasteiger partial charge in [-0.15, -0.1) is 0 Å². The molecule has 1 aliphatic heterocycles. The molecular formula is C28H31N5O3. The van der Waals surface area contributed by atoms with Gasteiger partial charge in [0, 0.05) is 50.4 Å². The number of hydrogen-bond donors (Lipinski definition) is 1. The number of imide groups is 1. The molecule has 3 aromatic rings. The van der Waals surface area contributed by atoms with Crippen molar-refractivity contribution in [2.45, 2.75) is 56.9 Å². The van der Waals surface area contributed by atoms with Crippen molar-refractivity contribution in [3.63, 3.8) is 0 Å². The lowest BCUT2D eigenvalue weighted by molar-refractivity contribution is -0.142. The quantitative estimate of drug-likeness (QED) is 0.495. The maximum Gasteiger partial charge on any atom is 0.240 e. The molecule has 5 rings (SSSR count). The van der Waals surface area contributed by atoms with Crippen molar-refractivity contribution in [3.8, 4) is 0 Å². The van der Waals surface area contributed by atoms with E-state index in [1.54, 1.807) is 18.1 Å². The van der Waals surface area contributed by atoms with Gasteiger partial charge in [0.15, 0.2) is 0 Å². The molecule has 2 aromatic heterocycles. The summed E-state index contributed by atoms with van der Waals surface area (Å²) < 4.78 is 0. The van der Waals surface area contributed by atoms with E-state index in [9.17, 15) is 14.4 Å². The van der Waals surface area contributed by atoms with Crippen LogP contribution in [0.4, 0.5) is 0 Å². The Bertz CT molecular complexity index is 1260. The molecule has 2 aliphatic rings. The number of hydrogen-bond acceptors (Lipinski definition) is 5. The van der Waals surface area contributed by atoms with Crippen LogP contribution in [0.15, 0.2) is 54.7 Å². The first-order valence-electron chi connectivity index (χ1n) is 12.6. The van der Waals surface area contributed by atoms with Crippen LogP contribution in [0.2, 0.25) is 0 Å². The van der Waals surface area contributed by atoms with E-state index in [1.165, 1.54) is 10.5 Å². The number of likely N-dealkylation sites (tertiary alicyclic amines) is 1. The van der Waals surface area contributed by atoms with Crippen LogP contribution in [0, 0.1) is 0 Å². The fraction of sp³-hybridized carbons (Fsp3) is 0.393. The normalized spacial score (nSPS) is 19.4. The van der Waals surface area contributed by atoms with E-state index in [1.807, 2.05) is 48.5 Å². The summed E-state index contributed by atoms with van der Waals surface area (Å²) in [6, 6.07) is 14.8. The van der Waals surface area contributed by atoms with E-state index in [0.717, 1.165) is 42.8 Å². The van der Waals surface area contributed by atoms with Crippen LogP contribution >= 0.6 is 0 Å². The molecule has 0 radical (unpaired) electrons. The summed E-state index contributed by atoms with van der Waals surface area (Å²) in [5.74, 6) is -0.746. The number of rotatable bonds is 8. The van der Waals surface area contributed by atoms with Crippen LogP contribution in [0.1, 0.15) is 53.9 Å². The number of nitrogens with zero attached hydrogens (tertiary/aromatic N) is 4. The van der Waals surface area contributed by atoms with Crippen molar-refractivity contribution in [1.29, 1.82) is 0 Å². The van der Waals surface area contributed by atoms with Crippen LogP contribution in [0.25, 0.3) is 0 Å². The number of pyridine rings is 1. The molecule has 8 nitrogen and oxygen atoms in total. The third-order valence-corrected chi connectivity index (χ3v) is 7.46. The van der Waals surface area contributed by atoms with Gasteiger partial charge < -0.3 is 4.90 Å². The first kappa shape index (κ1) is 23.9. The number of aryl methyl sites for hydroxylation is 1. The van der Waals surface area contributed by atoms with Crippen LogP contribution < -0.4 is 0 Å². The molecule has 1 aliphatic carbocycles. The molecule has 3 amide bonds. The maximum absolute atomic E-state index is 13.8. The Morgan fingerprint density at radius 3 is 2.64 bits per heavy atom. The highest BCUT2D eigenvalue weighted by Crippen LogP contribution is 2.40. The summed E-state index contributed by atoms with van der Waals surface area (Å²) >= 11 is 0. The first-order valence-corrected chi connectivity index (χ1v) is 12.6. The summed E-state index contributed by atoms with van der Waals surface area (Å²) in [4.78, 5) is 47.7. The lowest BCUT2D eigenvalue weighted by Gasteiger charge is -2.29. The minimum absolute atomic E-state index is 0.0184. The van der Waals surface area contributed by atoms with Gasteiger partial charge in [-0.05, 0) is 48.9 Å². The summed E-state index contributed by atoms with van der Waals surface area (Å²) in [6.45, 7) is 0.619. The molecule has 1 unspecified atom stereocenters. The number of amides is 3. The second-order valence-corrected chi connectivity index (χ2v) is 9.81. The number of carbonyl (C=O) groups is 3.